The van der Waals surface area contributed by atoms with E-state index in [0.717, 1.165) is 0 Å². The Morgan fingerprint density at radius 3 is 2.56 bits per heavy atom. The summed E-state index contributed by atoms with van der Waals surface area (Å²) in [7, 11) is -2.10. The van der Waals surface area contributed by atoms with Gasteiger partial charge in [-0.2, -0.15) is 0 Å². The van der Waals surface area contributed by atoms with Crippen LogP contribution in [0.5, 0.6) is 0 Å². The lowest BCUT2D eigenvalue weighted by Crippen LogP contribution is -2.26. The van der Waals surface area contributed by atoms with Gasteiger partial charge in [-0.05, 0) is 20.3 Å². The third-order valence-electron chi connectivity index (χ3n) is 2.57. The van der Waals surface area contributed by atoms with E-state index < -0.39 is 10.0 Å². The third kappa shape index (κ3) is 3.32. The van der Waals surface area contributed by atoms with E-state index in [1.54, 1.807) is 21.0 Å². The number of aliphatic hydroxyl groups excluding tert-OH is 1. The molecule has 1 aromatic heterocycles. The molecule has 0 aromatic carbocycles. The average Bonchev–Trinajstić information content (AvgIpc) is 2.59. The Morgan fingerprint density at radius 2 is 2.00 bits per heavy atom. The smallest absolute Gasteiger partial charge is 0.244 e. The normalized spacial score (nSPS) is 12.0. The maximum Gasteiger partial charge on any atom is 0.244 e. The maximum atomic E-state index is 12.1. The van der Waals surface area contributed by atoms with E-state index in [9.17, 15) is 13.5 Å². The number of methoxy groups -OCH3 is 1. The van der Waals surface area contributed by atoms with E-state index >= 15 is 0 Å². The first-order chi connectivity index (χ1) is 8.44. The number of aliphatic hydroxyl groups is 1. The fraction of sp³-hybridized carbons (Fsp3) is 0.636. The summed E-state index contributed by atoms with van der Waals surface area (Å²) in [6.45, 7) is 3.60. The number of furan rings is 1. The van der Waals surface area contributed by atoms with Gasteiger partial charge in [0.25, 0.3) is 0 Å². The molecule has 0 saturated carbocycles. The zero-order valence-corrected chi connectivity index (χ0v) is 11.6. The standard InChI is InChI=1S/C11H19NO5S/c1-8-10(7-13)11(9(2)17-8)18(14,15)12-5-4-6-16-3/h12-13H,4-7H2,1-3H3. The number of hydrogen-bond donors (Lipinski definition) is 2. The van der Waals surface area contributed by atoms with Crippen molar-refractivity contribution in [3.8, 4) is 0 Å². The second-order valence-corrected chi connectivity index (χ2v) is 5.63. The lowest BCUT2D eigenvalue weighted by molar-refractivity contribution is 0.196. The second kappa shape index (κ2) is 6.33. The van der Waals surface area contributed by atoms with Gasteiger partial charge in [0.05, 0.1) is 6.61 Å². The molecule has 1 aromatic rings. The van der Waals surface area contributed by atoms with Crippen molar-refractivity contribution in [3.63, 3.8) is 0 Å². The topological polar surface area (TPSA) is 88.8 Å². The summed E-state index contributed by atoms with van der Waals surface area (Å²) in [6.07, 6.45) is 0.583. The molecule has 0 fully saturated rings. The molecule has 0 bridgehead atoms. The molecule has 2 N–H and O–H groups in total. The zero-order chi connectivity index (χ0) is 13.8. The molecule has 18 heavy (non-hydrogen) atoms. The van der Waals surface area contributed by atoms with E-state index in [-0.39, 0.29) is 23.8 Å². The quantitative estimate of drug-likeness (QED) is 0.716. The van der Waals surface area contributed by atoms with Gasteiger partial charge >= 0.3 is 0 Å². The largest absolute Gasteiger partial charge is 0.465 e. The molecular weight excluding hydrogens is 258 g/mol. The van der Waals surface area contributed by atoms with Crippen LogP contribution in [0.15, 0.2) is 9.31 Å². The van der Waals surface area contributed by atoms with Crippen LogP contribution in [0.2, 0.25) is 0 Å². The highest BCUT2D eigenvalue weighted by Gasteiger charge is 2.25. The Balaban J connectivity index is 2.91. The van der Waals surface area contributed by atoms with Gasteiger partial charge in [0.1, 0.15) is 16.4 Å². The minimum absolute atomic E-state index is 0.0416. The third-order valence-corrected chi connectivity index (χ3v) is 4.22. The molecule has 0 unspecified atom stereocenters. The molecule has 6 nitrogen and oxygen atoms in total. The minimum Gasteiger partial charge on any atom is -0.465 e. The van der Waals surface area contributed by atoms with Crippen molar-refractivity contribution in [1.29, 1.82) is 0 Å². The monoisotopic (exact) mass is 277 g/mol. The predicted molar refractivity (Wildman–Crippen MR) is 65.8 cm³/mol. The van der Waals surface area contributed by atoms with E-state index in [1.807, 2.05) is 0 Å². The van der Waals surface area contributed by atoms with Crippen molar-refractivity contribution in [2.45, 2.75) is 31.8 Å². The van der Waals surface area contributed by atoms with Gasteiger partial charge in [-0.25, -0.2) is 13.1 Å². The number of hydrogen-bond acceptors (Lipinski definition) is 5. The van der Waals surface area contributed by atoms with E-state index in [1.165, 1.54) is 0 Å². The summed E-state index contributed by atoms with van der Waals surface area (Å²) in [4.78, 5) is 0.0416. The molecule has 104 valence electrons. The van der Waals surface area contributed by atoms with E-state index in [2.05, 4.69) is 4.72 Å². The molecule has 0 amide bonds. The number of sulfonamides is 1. The van der Waals surface area contributed by atoms with Crippen LogP contribution in [0.3, 0.4) is 0 Å². The van der Waals surface area contributed by atoms with Gasteiger partial charge in [-0.3, -0.25) is 0 Å². The molecule has 1 rings (SSSR count). The first-order valence-electron chi connectivity index (χ1n) is 5.62. The van der Waals surface area contributed by atoms with Crippen LogP contribution in [0.1, 0.15) is 23.5 Å². The van der Waals surface area contributed by atoms with Gasteiger partial charge in [0, 0.05) is 25.8 Å². The highest BCUT2D eigenvalue weighted by molar-refractivity contribution is 7.89. The van der Waals surface area contributed by atoms with Crippen molar-refractivity contribution < 1.29 is 22.7 Å². The first kappa shape index (κ1) is 15.2. The van der Waals surface area contributed by atoms with Crippen LogP contribution in [-0.4, -0.2) is 33.8 Å². The SMILES string of the molecule is COCCCNS(=O)(=O)c1c(C)oc(C)c1CO. The van der Waals surface area contributed by atoms with Gasteiger partial charge in [-0.15, -0.1) is 0 Å². The van der Waals surface area contributed by atoms with Gasteiger partial charge < -0.3 is 14.3 Å². The van der Waals surface area contributed by atoms with Gasteiger partial charge in [0.15, 0.2) is 0 Å². The lowest BCUT2D eigenvalue weighted by atomic mass is 10.2. The minimum atomic E-state index is -3.65. The molecule has 0 aliphatic heterocycles. The molecule has 0 aliphatic carbocycles. The van der Waals surface area contributed by atoms with Crippen LogP contribution in [0.25, 0.3) is 0 Å². The molecular formula is C11H19NO5S. The van der Waals surface area contributed by atoms with E-state index in [4.69, 9.17) is 9.15 Å². The number of nitrogens with one attached hydrogen (secondary N) is 1. The van der Waals surface area contributed by atoms with Crippen LogP contribution in [-0.2, 0) is 21.4 Å². The summed E-state index contributed by atoms with van der Waals surface area (Å²) in [5.41, 5.74) is 0.312. The summed E-state index contributed by atoms with van der Waals surface area (Å²) in [5, 5.41) is 9.21. The molecule has 1 heterocycles. The van der Waals surface area contributed by atoms with Crippen molar-refractivity contribution in [2.24, 2.45) is 0 Å². The van der Waals surface area contributed by atoms with Crippen molar-refractivity contribution in [1.82, 2.24) is 4.72 Å². The molecule has 0 saturated heterocycles. The Labute approximate surface area is 107 Å². The highest BCUT2D eigenvalue weighted by Crippen LogP contribution is 2.26. The Kier molecular flexibility index (Phi) is 5.33. The maximum absolute atomic E-state index is 12.1. The number of rotatable bonds is 7. The molecule has 0 aliphatic rings. The fourth-order valence-electron chi connectivity index (χ4n) is 1.74. The van der Waals surface area contributed by atoms with Crippen LogP contribution in [0.4, 0.5) is 0 Å². The Bertz CT molecular complexity index is 492. The van der Waals surface area contributed by atoms with Crippen molar-refractivity contribution in [3.05, 3.63) is 17.1 Å². The van der Waals surface area contributed by atoms with Gasteiger partial charge in [-0.1, -0.05) is 0 Å². The second-order valence-electron chi connectivity index (χ2n) is 3.92. The summed E-state index contributed by atoms with van der Waals surface area (Å²) >= 11 is 0. The zero-order valence-electron chi connectivity index (χ0n) is 10.8. The van der Waals surface area contributed by atoms with Crippen molar-refractivity contribution in [2.75, 3.05) is 20.3 Å². The predicted octanol–water partition coefficient (Wildman–Crippen LogP) is 0.704. The van der Waals surface area contributed by atoms with Crippen LogP contribution < -0.4 is 4.72 Å². The summed E-state index contributed by atoms with van der Waals surface area (Å²) in [5.74, 6) is 0.711. The van der Waals surface area contributed by atoms with Gasteiger partial charge in [0.2, 0.25) is 10.0 Å². The van der Waals surface area contributed by atoms with Crippen molar-refractivity contribution >= 4 is 10.0 Å². The fourth-order valence-corrected chi connectivity index (χ4v) is 3.25. The molecule has 0 spiro atoms. The molecule has 0 atom stereocenters. The number of aryl methyl sites for hydroxylation is 2. The average molecular weight is 277 g/mol. The highest BCUT2D eigenvalue weighted by atomic mass is 32.2. The van der Waals surface area contributed by atoms with Crippen LogP contribution in [0, 0.1) is 13.8 Å². The Morgan fingerprint density at radius 1 is 1.33 bits per heavy atom. The first-order valence-corrected chi connectivity index (χ1v) is 7.10. The Hall–Kier alpha value is -0.890. The summed E-state index contributed by atoms with van der Waals surface area (Å²) in [6, 6.07) is 0. The van der Waals surface area contributed by atoms with Crippen LogP contribution >= 0.6 is 0 Å². The van der Waals surface area contributed by atoms with E-state index in [0.29, 0.717) is 24.4 Å². The lowest BCUT2D eigenvalue weighted by Gasteiger charge is -2.07. The number of ether oxygens (including phenoxy) is 1. The molecule has 0 radical (unpaired) electrons. The molecule has 7 heteroatoms. The summed E-state index contributed by atoms with van der Waals surface area (Å²) < 4.78 is 36.7.